The van der Waals surface area contributed by atoms with Gasteiger partial charge in [0.25, 0.3) is 5.69 Å². The Morgan fingerprint density at radius 2 is 1.71 bits per heavy atom. The predicted molar refractivity (Wildman–Crippen MR) is 119 cm³/mol. The molecule has 1 saturated heterocycles. The molecule has 0 atom stereocenters. The van der Waals surface area contributed by atoms with E-state index in [-0.39, 0.29) is 35.5 Å². The Morgan fingerprint density at radius 3 is 2.25 bits per heavy atom. The quantitative estimate of drug-likeness (QED) is 0.230. The Bertz CT molecular complexity index is 806. The zero-order valence-electron chi connectivity index (χ0n) is 15.5. The van der Waals surface area contributed by atoms with Crippen molar-refractivity contribution in [2.75, 3.05) is 38.1 Å². The van der Waals surface area contributed by atoms with Crippen LogP contribution in [0, 0.1) is 15.9 Å². The lowest BCUT2D eigenvalue weighted by Gasteiger charge is -2.37. The van der Waals surface area contributed by atoms with E-state index in [9.17, 15) is 14.5 Å². The van der Waals surface area contributed by atoms with Gasteiger partial charge in [-0.05, 0) is 29.8 Å². The van der Waals surface area contributed by atoms with Crippen LogP contribution in [0.2, 0.25) is 0 Å². The minimum absolute atomic E-state index is 0. The standard InChI is InChI=1S/C19H22FN5O2.HI/c1-21-19(22-14-15-2-6-18(7-3-15)25(26)27)24-12-10-23(11-13-24)17-8-4-16(20)5-9-17;/h2-9H,10-14H2,1H3,(H,21,22);1H. The fourth-order valence-electron chi connectivity index (χ4n) is 3.08. The lowest BCUT2D eigenvalue weighted by Crippen LogP contribution is -2.52. The van der Waals surface area contributed by atoms with Gasteiger partial charge in [0.05, 0.1) is 4.92 Å². The third kappa shape index (κ3) is 5.54. The highest BCUT2D eigenvalue weighted by Gasteiger charge is 2.19. The van der Waals surface area contributed by atoms with Gasteiger partial charge in [-0.2, -0.15) is 0 Å². The summed E-state index contributed by atoms with van der Waals surface area (Å²) in [5.74, 6) is 0.570. The Balaban J connectivity index is 0.00000280. The monoisotopic (exact) mass is 499 g/mol. The largest absolute Gasteiger partial charge is 0.368 e. The molecule has 7 nitrogen and oxygen atoms in total. The van der Waals surface area contributed by atoms with E-state index >= 15 is 0 Å². The number of aliphatic imine (C=N–C) groups is 1. The van der Waals surface area contributed by atoms with E-state index in [1.807, 2.05) is 0 Å². The molecule has 0 unspecified atom stereocenters. The number of nitrogens with zero attached hydrogens (tertiary/aromatic N) is 4. The number of nitro benzene ring substituents is 1. The Labute approximate surface area is 180 Å². The normalized spacial score (nSPS) is 14.4. The number of non-ortho nitro benzene ring substituents is 1. The Morgan fingerprint density at radius 1 is 1.11 bits per heavy atom. The van der Waals surface area contributed by atoms with Crippen LogP contribution in [0.1, 0.15) is 5.56 Å². The van der Waals surface area contributed by atoms with Crippen molar-refractivity contribution in [1.29, 1.82) is 0 Å². The average Bonchev–Trinajstić information content (AvgIpc) is 2.70. The smallest absolute Gasteiger partial charge is 0.269 e. The molecule has 1 N–H and O–H groups in total. The number of benzene rings is 2. The molecule has 1 aliphatic heterocycles. The second kappa shape index (κ2) is 10.2. The first-order valence-corrected chi connectivity index (χ1v) is 8.76. The van der Waals surface area contributed by atoms with Crippen molar-refractivity contribution in [2.24, 2.45) is 4.99 Å². The first-order chi connectivity index (χ1) is 13.1. The van der Waals surface area contributed by atoms with Crippen LogP contribution in [-0.2, 0) is 6.54 Å². The molecule has 0 spiro atoms. The number of piperazine rings is 1. The van der Waals surface area contributed by atoms with E-state index < -0.39 is 4.92 Å². The Hall–Kier alpha value is -2.43. The summed E-state index contributed by atoms with van der Waals surface area (Å²) >= 11 is 0. The molecule has 0 bridgehead atoms. The van der Waals surface area contributed by atoms with Crippen molar-refractivity contribution in [2.45, 2.75) is 6.54 Å². The number of nitro groups is 1. The van der Waals surface area contributed by atoms with E-state index in [0.29, 0.717) is 6.54 Å². The summed E-state index contributed by atoms with van der Waals surface area (Å²) in [5.41, 5.74) is 2.05. The lowest BCUT2D eigenvalue weighted by atomic mass is 10.2. The van der Waals surface area contributed by atoms with Crippen LogP contribution in [-0.4, -0.2) is 49.0 Å². The maximum atomic E-state index is 13.1. The number of anilines is 1. The molecule has 0 aliphatic carbocycles. The molecule has 2 aromatic rings. The second-order valence-corrected chi connectivity index (χ2v) is 6.27. The van der Waals surface area contributed by atoms with Crippen molar-refractivity contribution in [3.8, 4) is 0 Å². The number of halogens is 2. The number of hydrogen-bond acceptors (Lipinski definition) is 4. The van der Waals surface area contributed by atoms with Gasteiger partial charge < -0.3 is 15.1 Å². The van der Waals surface area contributed by atoms with Gasteiger partial charge in [0.15, 0.2) is 5.96 Å². The number of hydrogen-bond donors (Lipinski definition) is 1. The molecule has 0 amide bonds. The summed E-state index contributed by atoms with van der Waals surface area (Å²) in [4.78, 5) is 19.0. The summed E-state index contributed by atoms with van der Waals surface area (Å²) < 4.78 is 13.1. The fraction of sp³-hybridized carbons (Fsp3) is 0.316. The van der Waals surface area contributed by atoms with E-state index in [1.165, 1.54) is 24.3 Å². The van der Waals surface area contributed by atoms with Crippen LogP contribution in [0.25, 0.3) is 0 Å². The molecule has 3 rings (SSSR count). The molecule has 1 heterocycles. The minimum atomic E-state index is -0.406. The van der Waals surface area contributed by atoms with Crippen LogP contribution >= 0.6 is 24.0 Å². The molecule has 28 heavy (non-hydrogen) atoms. The maximum Gasteiger partial charge on any atom is 0.269 e. The third-order valence-corrected chi connectivity index (χ3v) is 4.58. The number of rotatable bonds is 4. The molecule has 1 fully saturated rings. The van der Waals surface area contributed by atoms with Gasteiger partial charge in [0.1, 0.15) is 5.82 Å². The minimum Gasteiger partial charge on any atom is -0.368 e. The van der Waals surface area contributed by atoms with Gasteiger partial charge >= 0.3 is 0 Å². The molecule has 0 radical (unpaired) electrons. The van der Waals surface area contributed by atoms with Gasteiger partial charge in [0.2, 0.25) is 0 Å². The molecule has 0 saturated carbocycles. The average molecular weight is 499 g/mol. The lowest BCUT2D eigenvalue weighted by molar-refractivity contribution is -0.384. The Kier molecular flexibility index (Phi) is 7.97. The van der Waals surface area contributed by atoms with Gasteiger partial charge in [0, 0.05) is 57.6 Å². The van der Waals surface area contributed by atoms with Crippen LogP contribution in [0.15, 0.2) is 53.5 Å². The van der Waals surface area contributed by atoms with Crippen molar-refractivity contribution in [1.82, 2.24) is 10.2 Å². The van der Waals surface area contributed by atoms with Gasteiger partial charge in [-0.25, -0.2) is 4.39 Å². The van der Waals surface area contributed by atoms with Gasteiger partial charge in [-0.1, -0.05) is 12.1 Å². The third-order valence-electron chi connectivity index (χ3n) is 4.58. The summed E-state index contributed by atoms with van der Waals surface area (Å²) in [6.07, 6.45) is 0. The van der Waals surface area contributed by atoms with Crippen molar-refractivity contribution >= 4 is 41.3 Å². The number of guanidine groups is 1. The maximum absolute atomic E-state index is 13.1. The molecular formula is C19H23FIN5O2. The summed E-state index contributed by atoms with van der Waals surface area (Å²) in [6.45, 7) is 3.80. The SMILES string of the molecule is CN=C(NCc1ccc([N+](=O)[O-])cc1)N1CCN(c2ccc(F)cc2)CC1.I. The van der Waals surface area contributed by atoms with Crippen LogP contribution in [0.4, 0.5) is 15.8 Å². The van der Waals surface area contributed by atoms with E-state index in [1.54, 1.807) is 31.3 Å². The summed E-state index contributed by atoms with van der Waals surface area (Å²) in [5, 5.41) is 14.0. The van der Waals surface area contributed by atoms with E-state index in [0.717, 1.165) is 43.4 Å². The van der Waals surface area contributed by atoms with Gasteiger partial charge in [-0.15, -0.1) is 24.0 Å². The molecule has 150 valence electrons. The predicted octanol–water partition coefficient (Wildman–Crippen LogP) is 3.25. The van der Waals surface area contributed by atoms with Gasteiger partial charge in [-0.3, -0.25) is 15.1 Å². The van der Waals surface area contributed by atoms with Crippen molar-refractivity contribution < 1.29 is 9.31 Å². The first kappa shape index (κ1) is 21.9. The molecule has 0 aromatic heterocycles. The summed E-state index contributed by atoms with van der Waals surface area (Å²) in [7, 11) is 1.74. The second-order valence-electron chi connectivity index (χ2n) is 6.27. The number of nitrogens with one attached hydrogen (secondary N) is 1. The topological polar surface area (TPSA) is 74.0 Å². The van der Waals surface area contributed by atoms with Crippen LogP contribution < -0.4 is 10.2 Å². The van der Waals surface area contributed by atoms with Crippen molar-refractivity contribution in [3.05, 3.63) is 70.0 Å². The highest BCUT2D eigenvalue weighted by molar-refractivity contribution is 14.0. The van der Waals surface area contributed by atoms with Crippen LogP contribution in [0.3, 0.4) is 0 Å². The molecular weight excluding hydrogens is 476 g/mol. The summed E-state index contributed by atoms with van der Waals surface area (Å²) in [6, 6.07) is 13.0. The van der Waals surface area contributed by atoms with Crippen molar-refractivity contribution in [3.63, 3.8) is 0 Å². The fourth-order valence-corrected chi connectivity index (χ4v) is 3.08. The molecule has 1 aliphatic rings. The first-order valence-electron chi connectivity index (χ1n) is 8.76. The van der Waals surface area contributed by atoms with E-state index in [4.69, 9.17) is 0 Å². The molecule has 9 heteroatoms. The van der Waals surface area contributed by atoms with Crippen LogP contribution in [0.5, 0.6) is 0 Å². The highest BCUT2D eigenvalue weighted by atomic mass is 127. The zero-order chi connectivity index (χ0) is 19.2. The zero-order valence-corrected chi connectivity index (χ0v) is 17.9. The highest BCUT2D eigenvalue weighted by Crippen LogP contribution is 2.17. The van der Waals surface area contributed by atoms with E-state index in [2.05, 4.69) is 20.1 Å². The molecule has 2 aromatic carbocycles.